The van der Waals surface area contributed by atoms with Crippen molar-refractivity contribution in [2.75, 3.05) is 18.5 Å². The molecule has 2 aromatic rings. The first-order valence-electron chi connectivity index (χ1n) is 8.50. The van der Waals surface area contributed by atoms with E-state index in [-0.39, 0.29) is 19.1 Å². The molecule has 1 aliphatic rings. The number of carbonyl (C=O) groups is 1. The van der Waals surface area contributed by atoms with Crippen LogP contribution in [-0.4, -0.2) is 24.2 Å². The Morgan fingerprint density at radius 2 is 1.92 bits per heavy atom. The van der Waals surface area contributed by atoms with Gasteiger partial charge in [-0.2, -0.15) is 0 Å². The Morgan fingerprint density at radius 3 is 2.71 bits per heavy atom. The van der Waals surface area contributed by atoms with Gasteiger partial charge >= 0.3 is 0 Å². The third-order valence-corrected chi connectivity index (χ3v) is 4.88. The van der Waals surface area contributed by atoms with Gasteiger partial charge in [-0.15, -0.1) is 0 Å². The molecule has 4 nitrogen and oxygen atoms in total. The molecule has 0 saturated carbocycles. The van der Waals surface area contributed by atoms with E-state index in [9.17, 15) is 9.90 Å². The zero-order chi connectivity index (χ0) is 17.0. The zero-order valence-corrected chi connectivity index (χ0v) is 14.0. The SMILES string of the molecule is CCc1ccccc1NC(=O)CNC1(CO)CCc2ccccc21. The van der Waals surface area contributed by atoms with Crippen LogP contribution in [0, 0.1) is 0 Å². The molecular formula is C20H24N2O2. The Morgan fingerprint density at radius 1 is 1.17 bits per heavy atom. The molecule has 0 heterocycles. The van der Waals surface area contributed by atoms with Gasteiger partial charge in [0.2, 0.25) is 5.91 Å². The van der Waals surface area contributed by atoms with Gasteiger partial charge < -0.3 is 10.4 Å². The number of nitrogens with one attached hydrogen (secondary N) is 2. The van der Waals surface area contributed by atoms with Crippen molar-refractivity contribution in [2.24, 2.45) is 0 Å². The van der Waals surface area contributed by atoms with Crippen LogP contribution in [-0.2, 0) is 23.2 Å². The van der Waals surface area contributed by atoms with Gasteiger partial charge in [-0.05, 0) is 42.0 Å². The van der Waals surface area contributed by atoms with Gasteiger partial charge in [-0.3, -0.25) is 10.1 Å². The molecule has 24 heavy (non-hydrogen) atoms. The molecule has 1 amide bonds. The molecule has 0 aromatic heterocycles. The summed E-state index contributed by atoms with van der Waals surface area (Å²) in [7, 11) is 0. The summed E-state index contributed by atoms with van der Waals surface area (Å²) in [5.41, 5.74) is 3.81. The van der Waals surface area contributed by atoms with Gasteiger partial charge in [0.05, 0.1) is 18.7 Å². The predicted molar refractivity (Wildman–Crippen MR) is 96.0 cm³/mol. The number of carbonyl (C=O) groups excluding carboxylic acids is 1. The van der Waals surface area contributed by atoms with Crippen LogP contribution >= 0.6 is 0 Å². The predicted octanol–water partition coefficient (Wildman–Crippen LogP) is 2.61. The fourth-order valence-electron chi connectivity index (χ4n) is 3.49. The quantitative estimate of drug-likeness (QED) is 0.765. The molecule has 3 rings (SSSR count). The summed E-state index contributed by atoms with van der Waals surface area (Å²) in [6.45, 7) is 2.23. The van der Waals surface area contributed by atoms with E-state index in [0.717, 1.165) is 36.1 Å². The maximum atomic E-state index is 12.4. The van der Waals surface area contributed by atoms with Crippen LogP contribution in [0.4, 0.5) is 5.69 Å². The van der Waals surface area contributed by atoms with E-state index in [2.05, 4.69) is 23.6 Å². The fraction of sp³-hybridized carbons (Fsp3) is 0.350. The summed E-state index contributed by atoms with van der Waals surface area (Å²) >= 11 is 0. The molecule has 1 unspecified atom stereocenters. The Kier molecular flexibility index (Phi) is 4.97. The van der Waals surface area contributed by atoms with Gasteiger partial charge in [0, 0.05) is 5.69 Å². The number of para-hydroxylation sites is 1. The Bertz CT molecular complexity index is 729. The van der Waals surface area contributed by atoms with Crippen molar-refractivity contribution in [1.29, 1.82) is 0 Å². The lowest BCUT2D eigenvalue weighted by atomic mass is 9.92. The van der Waals surface area contributed by atoms with Crippen LogP contribution in [0.25, 0.3) is 0 Å². The van der Waals surface area contributed by atoms with Crippen molar-refractivity contribution in [3.8, 4) is 0 Å². The number of amides is 1. The third kappa shape index (κ3) is 3.21. The van der Waals surface area contributed by atoms with E-state index < -0.39 is 5.54 Å². The number of fused-ring (bicyclic) bond motifs is 1. The maximum Gasteiger partial charge on any atom is 0.238 e. The molecule has 0 bridgehead atoms. The lowest BCUT2D eigenvalue weighted by Crippen LogP contribution is -2.47. The van der Waals surface area contributed by atoms with Crippen molar-refractivity contribution >= 4 is 11.6 Å². The minimum Gasteiger partial charge on any atom is -0.394 e. The minimum absolute atomic E-state index is 0.0111. The number of aryl methyl sites for hydroxylation is 2. The van der Waals surface area contributed by atoms with E-state index in [1.54, 1.807) is 0 Å². The molecular weight excluding hydrogens is 300 g/mol. The summed E-state index contributed by atoms with van der Waals surface area (Å²) in [5, 5.41) is 16.2. The van der Waals surface area contributed by atoms with Gasteiger partial charge in [-0.1, -0.05) is 49.4 Å². The Hall–Kier alpha value is -2.17. The maximum absolute atomic E-state index is 12.4. The standard InChI is InChI=1S/C20H24N2O2/c1-2-15-7-4-6-10-18(15)22-19(24)13-21-20(14-23)12-11-16-8-3-5-9-17(16)20/h3-10,21,23H,2,11-14H2,1H3,(H,22,24). The number of aliphatic hydroxyl groups excluding tert-OH is 1. The number of benzene rings is 2. The summed E-state index contributed by atoms with van der Waals surface area (Å²) in [5.74, 6) is -0.0897. The molecule has 2 aromatic carbocycles. The normalized spacial score (nSPS) is 19.1. The molecule has 0 saturated heterocycles. The molecule has 1 atom stereocenters. The van der Waals surface area contributed by atoms with Crippen LogP contribution in [0.1, 0.15) is 30.0 Å². The van der Waals surface area contributed by atoms with Crippen molar-refractivity contribution < 1.29 is 9.90 Å². The summed E-state index contributed by atoms with van der Waals surface area (Å²) < 4.78 is 0. The van der Waals surface area contributed by atoms with E-state index in [0.29, 0.717) is 0 Å². The Labute approximate surface area is 142 Å². The summed E-state index contributed by atoms with van der Waals surface area (Å²) in [4.78, 5) is 12.4. The zero-order valence-electron chi connectivity index (χ0n) is 14.0. The van der Waals surface area contributed by atoms with Gasteiger partial charge in [-0.25, -0.2) is 0 Å². The van der Waals surface area contributed by atoms with Crippen molar-refractivity contribution in [2.45, 2.75) is 31.7 Å². The first-order valence-corrected chi connectivity index (χ1v) is 8.50. The van der Waals surface area contributed by atoms with Crippen LogP contribution < -0.4 is 10.6 Å². The number of hydrogen-bond acceptors (Lipinski definition) is 3. The highest BCUT2D eigenvalue weighted by atomic mass is 16.3. The number of hydrogen-bond donors (Lipinski definition) is 3. The topological polar surface area (TPSA) is 61.4 Å². The van der Waals surface area contributed by atoms with Crippen LogP contribution in [0.5, 0.6) is 0 Å². The van der Waals surface area contributed by atoms with Crippen LogP contribution in [0.15, 0.2) is 48.5 Å². The molecule has 4 heteroatoms. The summed E-state index contributed by atoms with van der Waals surface area (Å²) in [6.07, 6.45) is 2.60. The highest BCUT2D eigenvalue weighted by Crippen LogP contribution is 2.36. The molecule has 0 aliphatic heterocycles. The molecule has 0 spiro atoms. The average molecular weight is 324 g/mol. The number of rotatable bonds is 6. The lowest BCUT2D eigenvalue weighted by Gasteiger charge is -2.29. The molecule has 126 valence electrons. The van der Waals surface area contributed by atoms with E-state index in [1.165, 1.54) is 5.56 Å². The van der Waals surface area contributed by atoms with E-state index in [1.807, 2.05) is 42.5 Å². The number of anilines is 1. The molecule has 0 fully saturated rings. The minimum atomic E-state index is -0.516. The largest absolute Gasteiger partial charge is 0.394 e. The van der Waals surface area contributed by atoms with Crippen molar-refractivity contribution in [1.82, 2.24) is 5.32 Å². The van der Waals surface area contributed by atoms with E-state index in [4.69, 9.17) is 0 Å². The van der Waals surface area contributed by atoms with Gasteiger partial charge in [0.25, 0.3) is 0 Å². The van der Waals surface area contributed by atoms with Gasteiger partial charge in [0.15, 0.2) is 0 Å². The highest BCUT2D eigenvalue weighted by molar-refractivity contribution is 5.93. The molecule has 0 radical (unpaired) electrons. The monoisotopic (exact) mass is 324 g/mol. The first-order chi connectivity index (χ1) is 11.7. The van der Waals surface area contributed by atoms with E-state index >= 15 is 0 Å². The van der Waals surface area contributed by atoms with Crippen molar-refractivity contribution in [3.63, 3.8) is 0 Å². The van der Waals surface area contributed by atoms with Crippen molar-refractivity contribution in [3.05, 3.63) is 65.2 Å². The second-order valence-electron chi connectivity index (χ2n) is 6.31. The molecule has 3 N–H and O–H groups in total. The number of aliphatic hydroxyl groups is 1. The third-order valence-electron chi connectivity index (χ3n) is 4.88. The summed E-state index contributed by atoms with van der Waals surface area (Å²) in [6, 6.07) is 16.0. The lowest BCUT2D eigenvalue weighted by molar-refractivity contribution is -0.115. The second-order valence-corrected chi connectivity index (χ2v) is 6.31. The first kappa shape index (κ1) is 16.7. The fourth-order valence-corrected chi connectivity index (χ4v) is 3.49. The van der Waals surface area contributed by atoms with Crippen LogP contribution in [0.3, 0.4) is 0 Å². The van der Waals surface area contributed by atoms with Crippen LogP contribution in [0.2, 0.25) is 0 Å². The van der Waals surface area contributed by atoms with Gasteiger partial charge in [0.1, 0.15) is 0 Å². The second kappa shape index (κ2) is 7.16. The highest BCUT2D eigenvalue weighted by Gasteiger charge is 2.37. The smallest absolute Gasteiger partial charge is 0.238 e. The average Bonchev–Trinajstić information content (AvgIpc) is 3.00. The molecule has 1 aliphatic carbocycles. The Balaban J connectivity index is 1.68.